The number of carbonyl (C=O) groups excluding carboxylic acids is 3. The molecule has 6 nitrogen and oxygen atoms in total. The van der Waals surface area contributed by atoms with E-state index in [1.165, 1.54) is 6.92 Å². The Morgan fingerprint density at radius 3 is 2.27 bits per heavy atom. The zero-order valence-electron chi connectivity index (χ0n) is 15.0. The molecule has 0 spiro atoms. The van der Waals surface area contributed by atoms with Crippen LogP contribution in [-0.4, -0.2) is 34.7 Å². The minimum absolute atomic E-state index is 0.0227. The Labute approximate surface area is 153 Å². The predicted molar refractivity (Wildman–Crippen MR) is 96.1 cm³/mol. The maximum atomic E-state index is 13.0. The normalized spacial score (nSPS) is 21.4. The van der Waals surface area contributed by atoms with Gasteiger partial charge in [-0.05, 0) is 37.1 Å². The number of hydrogen-bond acceptors (Lipinski definition) is 4. The summed E-state index contributed by atoms with van der Waals surface area (Å²) in [4.78, 5) is 40.6. The van der Waals surface area contributed by atoms with Gasteiger partial charge in [0.2, 0.25) is 11.8 Å². The molecule has 1 heterocycles. The van der Waals surface area contributed by atoms with Gasteiger partial charge >= 0.3 is 0 Å². The van der Waals surface area contributed by atoms with Gasteiger partial charge < -0.3 is 4.90 Å². The largest absolute Gasteiger partial charge is 0.327 e. The highest BCUT2D eigenvalue weighted by Gasteiger charge is 2.45. The van der Waals surface area contributed by atoms with Crippen LogP contribution >= 0.6 is 0 Å². The van der Waals surface area contributed by atoms with Crippen LogP contribution in [0.25, 0.3) is 0 Å². The number of carbonyl (C=O) groups is 3. The molecule has 0 N–H and O–H groups in total. The molecule has 0 aromatic heterocycles. The molecule has 1 aliphatic heterocycles. The summed E-state index contributed by atoms with van der Waals surface area (Å²) in [6, 6.07) is 7.68. The van der Waals surface area contributed by atoms with E-state index in [1.807, 2.05) is 6.07 Å². The molecule has 2 aliphatic rings. The van der Waals surface area contributed by atoms with Gasteiger partial charge in [-0.15, -0.1) is 0 Å². The van der Waals surface area contributed by atoms with Crippen LogP contribution in [0.3, 0.4) is 0 Å². The Hall–Kier alpha value is -2.68. The van der Waals surface area contributed by atoms with E-state index in [4.69, 9.17) is 5.26 Å². The van der Waals surface area contributed by atoms with Gasteiger partial charge in [0.1, 0.15) is 6.04 Å². The molecule has 1 saturated heterocycles. The zero-order chi connectivity index (χ0) is 18.7. The van der Waals surface area contributed by atoms with E-state index >= 15 is 0 Å². The molecule has 1 aromatic carbocycles. The highest BCUT2D eigenvalue weighted by atomic mass is 16.2. The number of anilines is 1. The van der Waals surface area contributed by atoms with Crippen molar-refractivity contribution in [2.75, 3.05) is 4.90 Å². The van der Waals surface area contributed by atoms with E-state index in [9.17, 15) is 14.4 Å². The third-order valence-electron chi connectivity index (χ3n) is 5.29. The summed E-state index contributed by atoms with van der Waals surface area (Å²) in [6.45, 7) is 1.48. The fourth-order valence-corrected chi connectivity index (χ4v) is 4.06. The van der Waals surface area contributed by atoms with Gasteiger partial charge in [-0.25, -0.2) is 4.90 Å². The Balaban J connectivity index is 1.85. The van der Waals surface area contributed by atoms with Crippen molar-refractivity contribution < 1.29 is 14.4 Å². The lowest BCUT2D eigenvalue weighted by Gasteiger charge is -2.34. The van der Waals surface area contributed by atoms with E-state index < -0.39 is 6.04 Å². The third kappa shape index (κ3) is 3.48. The first-order valence-corrected chi connectivity index (χ1v) is 9.19. The molecular formula is C20H23N3O3. The molecule has 1 saturated carbocycles. The number of nitrogens with zero attached hydrogens (tertiary/aromatic N) is 3. The molecule has 0 bridgehead atoms. The molecule has 3 amide bonds. The van der Waals surface area contributed by atoms with Crippen LogP contribution in [0.2, 0.25) is 0 Å². The second-order valence-electron chi connectivity index (χ2n) is 7.02. The van der Waals surface area contributed by atoms with Gasteiger partial charge in [0.15, 0.2) is 0 Å². The van der Waals surface area contributed by atoms with Crippen molar-refractivity contribution in [2.24, 2.45) is 0 Å². The molecule has 1 aromatic rings. The third-order valence-corrected chi connectivity index (χ3v) is 5.29. The molecule has 26 heavy (non-hydrogen) atoms. The van der Waals surface area contributed by atoms with Crippen LogP contribution in [0.5, 0.6) is 0 Å². The first-order valence-electron chi connectivity index (χ1n) is 9.19. The van der Waals surface area contributed by atoms with Crippen LogP contribution < -0.4 is 4.90 Å². The van der Waals surface area contributed by atoms with E-state index in [2.05, 4.69) is 0 Å². The standard InChI is InChI=1S/C20H23N3O3/c1-14(24)22(16-6-4-2-3-5-7-16)18-12-19(25)23(20(18)26)17-10-8-15(13-21)9-11-17/h8-11,16,18H,2-7,12H2,1H3. The van der Waals surface area contributed by atoms with E-state index in [0.717, 1.165) is 43.4 Å². The second kappa shape index (κ2) is 7.69. The van der Waals surface area contributed by atoms with Crippen molar-refractivity contribution in [3.8, 4) is 6.07 Å². The van der Waals surface area contributed by atoms with Gasteiger partial charge in [0.25, 0.3) is 5.91 Å². The van der Waals surface area contributed by atoms with Crippen LogP contribution in [-0.2, 0) is 14.4 Å². The van der Waals surface area contributed by atoms with Gasteiger partial charge in [-0.1, -0.05) is 25.7 Å². The van der Waals surface area contributed by atoms with Crippen LogP contribution in [0.4, 0.5) is 5.69 Å². The molecule has 1 aliphatic carbocycles. The van der Waals surface area contributed by atoms with E-state index in [-0.39, 0.29) is 30.2 Å². The second-order valence-corrected chi connectivity index (χ2v) is 7.02. The van der Waals surface area contributed by atoms with Gasteiger partial charge in [-0.2, -0.15) is 5.26 Å². The van der Waals surface area contributed by atoms with Crippen molar-refractivity contribution in [1.29, 1.82) is 5.26 Å². The molecule has 1 unspecified atom stereocenters. The average Bonchev–Trinajstić information content (AvgIpc) is 2.81. The number of hydrogen-bond donors (Lipinski definition) is 0. The molecule has 136 valence electrons. The monoisotopic (exact) mass is 353 g/mol. The Kier molecular flexibility index (Phi) is 5.36. The highest BCUT2D eigenvalue weighted by molar-refractivity contribution is 6.23. The average molecular weight is 353 g/mol. The lowest BCUT2D eigenvalue weighted by molar-refractivity contribution is -0.139. The minimum Gasteiger partial charge on any atom is -0.327 e. The van der Waals surface area contributed by atoms with Gasteiger partial charge in [0.05, 0.1) is 23.7 Å². The summed E-state index contributed by atoms with van der Waals surface area (Å²) in [6.07, 6.45) is 6.18. The fraction of sp³-hybridized carbons (Fsp3) is 0.500. The Morgan fingerprint density at radius 2 is 1.73 bits per heavy atom. The molecule has 6 heteroatoms. The first-order chi connectivity index (χ1) is 12.5. The molecular weight excluding hydrogens is 330 g/mol. The number of amides is 3. The van der Waals surface area contributed by atoms with E-state index in [1.54, 1.807) is 29.2 Å². The van der Waals surface area contributed by atoms with Gasteiger partial charge in [0, 0.05) is 13.0 Å². The molecule has 3 rings (SSSR count). The SMILES string of the molecule is CC(=O)N(C1CCCCCC1)C1CC(=O)N(c2ccc(C#N)cc2)C1=O. The van der Waals surface area contributed by atoms with Crippen molar-refractivity contribution in [2.45, 2.75) is 64.0 Å². The van der Waals surface area contributed by atoms with Crippen LogP contribution in [0.1, 0.15) is 57.4 Å². The van der Waals surface area contributed by atoms with Crippen molar-refractivity contribution in [1.82, 2.24) is 4.90 Å². The topological polar surface area (TPSA) is 81.5 Å². The molecule has 0 radical (unpaired) electrons. The van der Waals surface area contributed by atoms with Crippen molar-refractivity contribution in [3.63, 3.8) is 0 Å². The summed E-state index contributed by atoms with van der Waals surface area (Å²) >= 11 is 0. The highest BCUT2D eigenvalue weighted by Crippen LogP contribution is 2.30. The number of nitriles is 1. The number of benzene rings is 1. The summed E-state index contributed by atoms with van der Waals surface area (Å²) in [5.74, 6) is -0.798. The van der Waals surface area contributed by atoms with Gasteiger partial charge in [-0.3, -0.25) is 14.4 Å². The first kappa shape index (κ1) is 18.1. The van der Waals surface area contributed by atoms with Crippen LogP contribution in [0, 0.1) is 11.3 Å². The predicted octanol–water partition coefficient (Wildman–Crippen LogP) is 2.76. The summed E-state index contributed by atoms with van der Waals surface area (Å²) < 4.78 is 0. The Morgan fingerprint density at radius 1 is 1.12 bits per heavy atom. The number of rotatable bonds is 3. The lowest BCUT2D eigenvalue weighted by atomic mass is 10.0. The summed E-state index contributed by atoms with van der Waals surface area (Å²) in [5, 5.41) is 8.90. The van der Waals surface area contributed by atoms with Crippen molar-refractivity contribution in [3.05, 3.63) is 29.8 Å². The summed E-state index contributed by atoms with van der Waals surface area (Å²) in [5.41, 5.74) is 0.916. The maximum Gasteiger partial charge on any atom is 0.257 e. The Bertz CT molecular complexity index is 743. The lowest BCUT2D eigenvalue weighted by Crippen LogP contribution is -2.49. The number of imide groups is 1. The zero-order valence-corrected chi connectivity index (χ0v) is 15.0. The fourth-order valence-electron chi connectivity index (χ4n) is 4.06. The minimum atomic E-state index is -0.723. The molecule has 2 fully saturated rings. The van der Waals surface area contributed by atoms with E-state index in [0.29, 0.717) is 11.3 Å². The summed E-state index contributed by atoms with van der Waals surface area (Å²) in [7, 11) is 0. The smallest absolute Gasteiger partial charge is 0.257 e. The van der Waals surface area contributed by atoms with Crippen LogP contribution in [0.15, 0.2) is 24.3 Å². The maximum absolute atomic E-state index is 13.0. The molecule has 1 atom stereocenters. The quantitative estimate of drug-likeness (QED) is 0.618. The van der Waals surface area contributed by atoms with Crippen molar-refractivity contribution >= 4 is 23.4 Å².